The van der Waals surface area contributed by atoms with Crippen LogP contribution >= 0.6 is 0 Å². The van der Waals surface area contributed by atoms with Gasteiger partial charge in [0.15, 0.2) is 18.7 Å². The Hall–Kier alpha value is -6.50. The first-order valence-electron chi connectivity index (χ1n) is 27.5. The second-order valence-electron chi connectivity index (χ2n) is 21.1. The number of nitrogens with zero attached hydrogens (tertiary/aromatic N) is 1. The van der Waals surface area contributed by atoms with Crippen molar-refractivity contribution in [1.29, 1.82) is 0 Å². The first-order valence-corrected chi connectivity index (χ1v) is 27.5. The van der Waals surface area contributed by atoms with E-state index in [0.29, 0.717) is 25.2 Å². The van der Waals surface area contributed by atoms with E-state index in [1.165, 1.54) is 24.3 Å². The van der Waals surface area contributed by atoms with Gasteiger partial charge in [0, 0.05) is 11.8 Å². The van der Waals surface area contributed by atoms with E-state index in [9.17, 15) is 9.59 Å². The van der Waals surface area contributed by atoms with Gasteiger partial charge in [-0.1, -0.05) is 169 Å². The molecule has 6 unspecified atom stereocenters. The molecule has 0 bridgehead atoms. The van der Waals surface area contributed by atoms with Gasteiger partial charge in [-0.2, -0.15) is 13.2 Å². The summed E-state index contributed by atoms with van der Waals surface area (Å²) in [6, 6.07) is 48.1. The fraction of sp³-hybridized carbons (Fsp3) is 0.422. The lowest BCUT2D eigenvalue weighted by Crippen LogP contribution is -2.61. The van der Waals surface area contributed by atoms with Crippen LogP contribution in [0.2, 0.25) is 0 Å². The minimum absolute atomic E-state index is 0.0271. The fourth-order valence-corrected chi connectivity index (χ4v) is 10.5. The lowest BCUT2D eigenvalue weighted by molar-refractivity contribution is -0.350. The number of halogens is 3. The first-order chi connectivity index (χ1) is 38.6. The van der Waals surface area contributed by atoms with E-state index in [1.54, 1.807) is 66.7 Å². The van der Waals surface area contributed by atoms with Crippen molar-refractivity contribution >= 4 is 34.3 Å². The summed E-state index contributed by atoms with van der Waals surface area (Å²) in [5, 5.41) is 2.06. The van der Waals surface area contributed by atoms with Gasteiger partial charge in [-0.05, 0) is 82.1 Å². The smallest absolute Gasteiger partial charge is 0.459 e. The number of para-hydroxylation sites is 1. The highest BCUT2D eigenvalue weighted by molar-refractivity contribution is 5.90. The fourth-order valence-electron chi connectivity index (χ4n) is 10.5. The van der Waals surface area contributed by atoms with Crippen LogP contribution in [-0.4, -0.2) is 98.8 Å². The molecule has 3 aliphatic rings. The van der Waals surface area contributed by atoms with Crippen molar-refractivity contribution in [3.05, 3.63) is 186 Å². The molecule has 0 spiro atoms. The predicted molar refractivity (Wildman–Crippen MR) is 294 cm³/mol. The normalized spacial score (nSPS) is 28.5. The Bertz CT molecular complexity index is 2950. The maximum atomic E-state index is 15.0. The molecule has 3 saturated heterocycles. The molecule has 0 aromatic heterocycles. The zero-order chi connectivity index (χ0) is 56.3. The van der Waals surface area contributed by atoms with Gasteiger partial charge in [0.2, 0.25) is 6.29 Å². The van der Waals surface area contributed by atoms with Crippen LogP contribution in [0.1, 0.15) is 79.8 Å². The van der Waals surface area contributed by atoms with E-state index in [1.807, 2.05) is 93.6 Å². The molecular weight excluding hydrogens is 1030 g/mol. The third kappa shape index (κ3) is 14.3. The molecule has 0 N–H and O–H groups in total. The van der Waals surface area contributed by atoms with E-state index in [4.69, 9.17) is 47.4 Å². The van der Waals surface area contributed by atoms with Crippen molar-refractivity contribution < 1.29 is 70.1 Å². The van der Waals surface area contributed by atoms with Crippen molar-refractivity contribution in [2.24, 2.45) is 34.6 Å². The molecule has 13 nitrogen and oxygen atoms in total. The van der Waals surface area contributed by atoms with Crippen molar-refractivity contribution in [2.45, 2.75) is 129 Å². The predicted octanol–water partition coefficient (Wildman–Crippen LogP) is 12.9. The van der Waals surface area contributed by atoms with Gasteiger partial charge < -0.3 is 47.4 Å². The minimum Gasteiger partial charge on any atom is -0.459 e. The van der Waals surface area contributed by atoms with Crippen LogP contribution in [0.15, 0.2) is 169 Å². The molecule has 0 amide bonds. The molecule has 6 aromatic rings. The van der Waals surface area contributed by atoms with Crippen LogP contribution in [0.5, 0.6) is 0 Å². The van der Waals surface area contributed by atoms with Crippen LogP contribution < -0.4 is 0 Å². The zero-order valence-corrected chi connectivity index (χ0v) is 45.8. The summed E-state index contributed by atoms with van der Waals surface area (Å²) >= 11 is 0. The average molecular weight is 1100 g/mol. The molecule has 15 atom stereocenters. The molecular formula is C64H70F3NO12. The van der Waals surface area contributed by atoms with Gasteiger partial charge in [0.1, 0.15) is 24.9 Å². The quantitative estimate of drug-likeness (QED) is 0.0408. The van der Waals surface area contributed by atoms with Gasteiger partial charge in [0.05, 0.1) is 54.9 Å². The number of hydrogen-bond donors (Lipinski definition) is 0. The Morgan fingerprint density at radius 3 is 1.80 bits per heavy atom. The molecule has 0 saturated carbocycles. The van der Waals surface area contributed by atoms with Crippen LogP contribution in [0.4, 0.5) is 18.9 Å². The summed E-state index contributed by atoms with van der Waals surface area (Å²) in [7, 11) is 0. The number of carbonyl (C=O) groups is 2. The largest absolute Gasteiger partial charge is 0.468 e. The van der Waals surface area contributed by atoms with Gasteiger partial charge in [-0.3, -0.25) is 0 Å². The van der Waals surface area contributed by atoms with Crippen LogP contribution in [-0.2, 0) is 60.6 Å². The lowest BCUT2D eigenvalue weighted by Gasteiger charge is -2.49. The van der Waals surface area contributed by atoms with E-state index in [0.717, 1.165) is 21.9 Å². The molecule has 3 fully saturated rings. The SMILES string of the molecule is CC[C@@H](C)[C@@H]1OC(OC(=Nc2ccccc2)C(F)(F)F)[C@@H](OC(=O)c2ccccc2)C1O[C@H]1OC(COC(=O)c2ccccc2)[C@H](O[C@H]2OC(COCc3ccccc3)[C@H](C)[C@H](C)C2C)[C@H](OCc2ccc3ccccc3c2)C1C. The number of hydrogen-bond acceptors (Lipinski definition) is 13. The van der Waals surface area contributed by atoms with Crippen LogP contribution in [0.3, 0.4) is 0 Å². The lowest BCUT2D eigenvalue weighted by atomic mass is 9.79. The highest BCUT2D eigenvalue weighted by Gasteiger charge is 2.57. The maximum absolute atomic E-state index is 15.0. The number of alkyl halides is 3. The number of rotatable bonds is 20. The number of fused-ring (bicyclic) bond motifs is 1. The Morgan fingerprint density at radius 1 is 0.550 bits per heavy atom. The second-order valence-corrected chi connectivity index (χ2v) is 21.1. The van der Waals surface area contributed by atoms with Gasteiger partial charge >= 0.3 is 18.1 Å². The Morgan fingerprint density at radius 2 is 1.14 bits per heavy atom. The molecule has 6 aromatic carbocycles. The molecule has 0 aliphatic carbocycles. The number of carbonyl (C=O) groups excluding carboxylic acids is 2. The van der Waals surface area contributed by atoms with Gasteiger partial charge in [-0.15, -0.1) is 0 Å². The van der Waals surface area contributed by atoms with Gasteiger partial charge in [-0.25, -0.2) is 14.6 Å². The topological polar surface area (TPSA) is 139 Å². The third-order valence-corrected chi connectivity index (χ3v) is 15.7. The van der Waals surface area contributed by atoms with Crippen molar-refractivity contribution in [1.82, 2.24) is 0 Å². The van der Waals surface area contributed by atoms with Crippen molar-refractivity contribution in [3.63, 3.8) is 0 Å². The van der Waals surface area contributed by atoms with E-state index in [-0.39, 0.29) is 48.3 Å². The number of aliphatic imine (C=N–C) groups is 1. The third-order valence-electron chi connectivity index (χ3n) is 15.7. The molecule has 424 valence electrons. The van der Waals surface area contributed by atoms with E-state index >= 15 is 13.2 Å². The summed E-state index contributed by atoms with van der Waals surface area (Å²) < 4.78 is 111. The first kappa shape index (κ1) is 58.2. The Labute approximate surface area is 465 Å². The summed E-state index contributed by atoms with van der Waals surface area (Å²) in [4.78, 5) is 31.8. The Balaban J connectivity index is 1.08. The average Bonchev–Trinajstić information content (AvgIpc) is 3.88. The summed E-state index contributed by atoms with van der Waals surface area (Å²) in [5.74, 6) is -4.20. The highest BCUT2D eigenvalue weighted by atomic mass is 19.4. The summed E-state index contributed by atoms with van der Waals surface area (Å²) in [6.07, 6.45) is -15.9. The van der Waals surface area contributed by atoms with Crippen molar-refractivity contribution in [2.75, 3.05) is 13.2 Å². The molecule has 16 heteroatoms. The molecule has 3 aliphatic heterocycles. The number of benzene rings is 6. The van der Waals surface area contributed by atoms with E-state index in [2.05, 4.69) is 25.8 Å². The monoisotopic (exact) mass is 1100 g/mol. The summed E-state index contributed by atoms with van der Waals surface area (Å²) in [5.41, 5.74) is 2.29. The molecule has 9 rings (SSSR count). The standard InChI is InChI=1S/C64H70F3NO12/c1-7-39(2)53-56(57(76-59(70)48-27-16-10-17-28-48)62(77-53)80-63(64(65,66)67)68-50-30-18-11-19-31-50)79-61-43(6)54(72-36-45-32-33-46-24-20-21-29-49(46)34-45)55(52(75-61)38-73-58(69)47-25-14-9-15-26-47)78-60-42(5)40(3)41(4)51(74-60)37-71-35-44-22-12-8-13-23-44/h8-34,39-43,51-57,60-62H,7,35-38H2,1-6H3/t39-,40+,41-,42?,43?,51?,52?,53+,54-,55+,56?,57+,60-,61-,62?/m1/s1. The number of esters is 2. The zero-order valence-electron chi connectivity index (χ0n) is 45.8. The molecule has 3 heterocycles. The molecule has 0 radical (unpaired) electrons. The minimum atomic E-state index is -5.10. The van der Waals surface area contributed by atoms with Crippen molar-refractivity contribution in [3.8, 4) is 0 Å². The Kier molecular flexibility index (Phi) is 19.5. The highest BCUT2D eigenvalue weighted by Crippen LogP contribution is 2.43. The van der Waals surface area contributed by atoms with Crippen LogP contribution in [0, 0.1) is 29.6 Å². The van der Waals surface area contributed by atoms with Gasteiger partial charge in [0.25, 0.3) is 5.90 Å². The molecule has 80 heavy (non-hydrogen) atoms. The summed E-state index contributed by atoms with van der Waals surface area (Å²) in [6.45, 7) is 12.4. The number of ether oxygens (including phenoxy) is 10. The van der Waals surface area contributed by atoms with Crippen LogP contribution in [0.25, 0.3) is 10.8 Å². The maximum Gasteiger partial charge on any atom is 0.468 e. The second kappa shape index (κ2) is 26.8. The van der Waals surface area contributed by atoms with E-state index < -0.39 is 91.3 Å².